The standard InChI is InChI=1S/C34H37F2N7O/c35-32(36)19-44-23-9-7-22(8-10-23)43-30(20-5-11-24-28(17-20)41-33(39-24)26-3-1-15-37-26)13-14-31(43)21-6-12-25-29(18-21)42-34(40-25)27-4-2-16-38-27/h5-12,17-18,26-27,30-32,37-38H,1-4,13-16,19H2,(H,39,41)(H,40,42)/t26-,27-,30-,31+/m0/s1. The molecule has 4 atom stereocenters. The fourth-order valence-corrected chi connectivity index (χ4v) is 7.37. The Labute approximate surface area is 254 Å². The summed E-state index contributed by atoms with van der Waals surface area (Å²) in [6, 6.07) is 21.5. The van der Waals surface area contributed by atoms with Gasteiger partial charge in [-0.3, -0.25) is 0 Å². The summed E-state index contributed by atoms with van der Waals surface area (Å²) in [4.78, 5) is 19.4. The quantitative estimate of drug-likeness (QED) is 0.154. The highest BCUT2D eigenvalue weighted by Gasteiger charge is 2.36. The lowest BCUT2D eigenvalue weighted by Gasteiger charge is -2.33. The molecule has 0 aliphatic carbocycles. The van der Waals surface area contributed by atoms with Crippen molar-refractivity contribution >= 4 is 27.8 Å². The topological polar surface area (TPSA) is 93.9 Å². The zero-order valence-corrected chi connectivity index (χ0v) is 24.5. The van der Waals surface area contributed by atoms with Gasteiger partial charge in [0, 0.05) is 5.69 Å². The lowest BCUT2D eigenvalue weighted by atomic mass is 10.0. The van der Waals surface area contributed by atoms with Crippen LogP contribution in [0.25, 0.3) is 22.1 Å². The molecule has 0 amide bonds. The first-order valence-corrected chi connectivity index (χ1v) is 15.8. The molecule has 3 saturated heterocycles. The number of ether oxygens (including phenoxy) is 1. The Balaban J connectivity index is 1.14. The first-order chi connectivity index (χ1) is 21.6. The van der Waals surface area contributed by atoms with Crippen molar-refractivity contribution in [1.82, 2.24) is 30.6 Å². The number of aromatic amines is 2. The summed E-state index contributed by atoms with van der Waals surface area (Å²) < 4.78 is 30.8. The van der Waals surface area contributed by atoms with Gasteiger partial charge < -0.3 is 30.2 Å². The molecule has 10 heteroatoms. The van der Waals surface area contributed by atoms with Crippen LogP contribution < -0.4 is 20.3 Å². The molecular formula is C34H37F2N7O. The van der Waals surface area contributed by atoms with Crippen LogP contribution >= 0.6 is 0 Å². The number of nitrogens with zero attached hydrogens (tertiary/aromatic N) is 3. The Hall–Kier alpha value is -4.02. The lowest BCUT2D eigenvalue weighted by molar-refractivity contribution is 0.0819. The predicted octanol–water partition coefficient (Wildman–Crippen LogP) is 7.01. The molecule has 228 valence electrons. The second-order valence-corrected chi connectivity index (χ2v) is 12.3. The van der Waals surface area contributed by atoms with E-state index in [2.05, 4.69) is 61.9 Å². The van der Waals surface area contributed by atoms with Crippen LogP contribution in [0.3, 0.4) is 0 Å². The van der Waals surface area contributed by atoms with E-state index >= 15 is 0 Å². The second-order valence-electron chi connectivity index (χ2n) is 12.3. The molecule has 3 aliphatic rings. The number of aromatic nitrogens is 4. The van der Waals surface area contributed by atoms with Crippen molar-refractivity contribution in [3.05, 3.63) is 83.4 Å². The van der Waals surface area contributed by atoms with Gasteiger partial charge in [0.1, 0.15) is 24.0 Å². The Bertz CT molecular complexity index is 1650. The van der Waals surface area contributed by atoms with E-state index in [0.717, 1.165) is 78.2 Å². The van der Waals surface area contributed by atoms with Crippen molar-refractivity contribution < 1.29 is 13.5 Å². The summed E-state index contributed by atoms with van der Waals surface area (Å²) in [5.41, 5.74) is 7.56. The fourth-order valence-electron chi connectivity index (χ4n) is 7.37. The number of hydrogen-bond acceptors (Lipinski definition) is 6. The molecule has 0 spiro atoms. The van der Waals surface area contributed by atoms with E-state index < -0.39 is 13.0 Å². The average molecular weight is 598 g/mol. The van der Waals surface area contributed by atoms with Gasteiger partial charge in [-0.05, 0) is 111 Å². The Morgan fingerprint density at radius 1 is 0.727 bits per heavy atom. The van der Waals surface area contributed by atoms with Crippen molar-refractivity contribution in [2.45, 2.75) is 69.1 Å². The minimum absolute atomic E-state index is 0.129. The highest BCUT2D eigenvalue weighted by molar-refractivity contribution is 5.78. The molecule has 44 heavy (non-hydrogen) atoms. The number of nitrogens with one attached hydrogen (secondary N) is 4. The molecule has 0 saturated carbocycles. The van der Waals surface area contributed by atoms with Crippen LogP contribution in [0.1, 0.15) is 85.5 Å². The number of anilines is 1. The molecule has 2 aromatic heterocycles. The molecule has 3 aromatic carbocycles. The van der Waals surface area contributed by atoms with Crippen LogP contribution in [0.4, 0.5) is 14.5 Å². The molecule has 3 fully saturated rings. The van der Waals surface area contributed by atoms with Crippen LogP contribution in [0, 0.1) is 0 Å². The smallest absolute Gasteiger partial charge is 0.272 e. The van der Waals surface area contributed by atoms with Crippen LogP contribution in [0.2, 0.25) is 0 Å². The zero-order valence-electron chi connectivity index (χ0n) is 24.5. The van der Waals surface area contributed by atoms with Crippen LogP contribution in [0.5, 0.6) is 5.75 Å². The number of hydrogen-bond donors (Lipinski definition) is 4. The molecular weight excluding hydrogens is 560 g/mol. The number of benzene rings is 3. The van der Waals surface area contributed by atoms with Gasteiger partial charge in [-0.25, -0.2) is 18.7 Å². The Morgan fingerprint density at radius 2 is 1.27 bits per heavy atom. The maximum Gasteiger partial charge on any atom is 0.272 e. The molecule has 8 rings (SSSR count). The number of imidazole rings is 2. The average Bonchev–Trinajstić information content (AvgIpc) is 3.88. The molecule has 0 radical (unpaired) electrons. The summed E-state index contributed by atoms with van der Waals surface area (Å²) in [5.74, 6) is 2.46. The second kappa shape index (κ2) is 11.5. The summed E-state index contributed by atoms with van der Waals surface area (Å²) in [6.45, 7) is 1.44. The third-order valence-corrected chi connectivity index (χ3v) is 9.49. The molecule has 0 unspecified atom stereocenters. The highest BCUT2D eigenvalue weighted by Crippen LogP contribution is 2.48. The molecule has 5 heterocycles. The SMILES string of the molecule is FC(F)COc1ccc(N2[C@@H](c3ccc4nc([C@@H]5CCCN5)[nH]c4c3)CC[C@H]2c2ccc3nc([C@@H]4CCCN4)[nH]c3c2)cc1. The zero-order chi connectivity index (χ0) is 29.6. The summed E-state index contributed by atoms with van der Waals surface area (Å²) in [6.07, 6.45) is 3.97. The molecule has 0 bridgehead atoms. The van der Waals surface area contributed by atoms with Crippen molar-refractivity contribution in [2.24, 2.45) is 0 Å². The minimum atomic E-state index is -2.51. The van der Waals surface area contributed by atoms with Crippen LogP contribution in [-0.4, -0.2) is 46.1 Å². The van der Waals surface area contributed by atoms with Gasteiger partial charge in [-0.15, -0.1) is 0 Å². The largest absolute Gasteiger partial charge is 0.488 e. The van der Waals surface area contributed by atoms with Gasteiger partial charge in [0.2, 0.25) is 0 Å². The number of fused-ring (bicyclic) bond motifs is 2. The van der Waals surface area contributed by atoms with Crippen molar-refractivity contribution in [3.8, 4) is 5.75 Å². The van der Waals surface area contributed by atoms with E-state index in [1.54, 1.807) is 12.1 Å². The Morgan fingerprint density at radius 3 is 1.75 bits per heavy atom. The maximum atomic E-state index is 12.8. The third-order valence-electron chi connectivity index (χ3n) is 9.49. The van der Waals surface area contributed by atoms with Gasteiger partial charge in [-0.1, -0.05) is 12.1 Å². The lowest BCUT2D eigenvalue weighted by Crippen LogP contribution is -2.26. The van der Waals surface area contributed by atoms with Crippen molar-refractivity contribution in [1.29, 1.82) is 0 Å². The maximum absolute atomic E-state index is 12.8. The predicted molar refractivity (Wildman–Crippen MR) is 167 cm³/mol. The number of alkyl halides is 2. The molecule has 4 N–H and O–H groups in total. The molecule has 8 nitrogen and oxygen atoms in total. The summed E-state index contributed by atoms with van der Waals surface area (Å²) in [7, 11) is 0. The number of H-pyrrole nitrogens is 2. The van der Waals surface area contributed by atoms with Gasteiger partial charge in [0.25, 0.3) is 6.43 Å². The first-order valence-electron chi connectivity index (χ1n) is 15.8. The minimum Gasteiger partial charge on any atom is -0.488 e. The Kier molecular flexibility index (Phi) is 7.18. The third kappa shape index (κ3) is 5.20. The molecule has 5 aromatic rings. The molecule has 3 aliphatic heterocycles. The normalized spacial score (nSPS) is 23.9. The summed E-state index contributed by atoms with van der Waals surface area (Å²) >= 11 is 0. The van der Waals surface area contributed by atoms with E-state index in [0.29, 0.717) is 5.75 Å². The van der Waals surface area contributed by atoms with Gasteiger partial charge >= 0.3 is 0 Å². The van der Waals surface area contributed by atoms with E-state index in [4.69, 9.17) is 14.7 Å². The first kappa shape index (κ1) is 27.5. The van der Waals surface area contributed by atoms with Gasteiger partial charge in [0.05, 0.1) is 46.2 Å². The number of halogens is 2. The summed E-state index contributed by atoms with van der Waals surface area (Å²) in [5, 5.41) is 7.08. The van der Waals surface area contributed by atoms with Crippen molar-refractivity contribution in [3.63, 3.8) is 0 Å². The van der Waals surface area contributed by atoms with Crippen molar-refractivity contribution in [2.75, 3.05) is 24.6 Å². The monoisotopic (exact) mass is 597 g/mol. The van der Waals surface area contributed by atoms with Crippen LogP contribution in [-0.2, 0) is 0 Å². The van der Waals surface area contributed by atoms with E-state index in [1.807, 2.05) is 12.1 Å². The van der Waals surface area contributed by atoms with Crippen LogP contribution in [0.15, 0.2) is 60.7 Å². The van der Waals surface area contributed by atoms with Gasteiger partial charge in [0.15, 0.2) is 0 Å². The van der Waals surface area contributed by atoms with E-state index in [1.165, 1.54) is 24.0 Å². The van der Waals surface area contributed by atoms with E-state index in [-0.39, 0.29) is 24.2 Å². The number of rotatable bonds is 8. The highest BCUT2D eigenvalue weighted by atomic mass is 19.3. The fraction of sp³-hybridized carbons (Fsp3) is 0.412. The van der Waals surface area contributed by atoms with E-state index in [9.17, 15) is 8.78 Å². The van der Waals surface area contributed by atoms with Gasteiger partial charge in [-0.2, -0.15) is 0 Å².